The summed E-state index contributed by atoms with van der Waals surface area (Å²) in [7, 11) is 0. The molecule has 1 aromatic carbocycles. The molecule has 0 bridgehead atoms. The monoisotopic (exact) mass is 329 g/mol. The Bertz CT molecular complexity index is 743. The van der Waals surface area contributed by atoms with Crippen LogP contribution in [0.2, 0.25) is 0 Å². The number of amides is 2. The number of hydrogen-bond donors (Lipinski definition) is 2. The number of aromatic nitrogens is 1. The van der Waals surface area contributed by atoms with E-state index in [4.69, 9.17) is 0 Å². The van der Waals surface area contributed by atoms with Gasteiger partial charge in [0.2, 0.25) is 0 Å². The van der Waals surface area contributed by atoms with Crippen LogP contribution >= 0.6 is 0 Å². The average Bonchev–Trinajstić information content (AvgIpc) is 2.58. The molecule has 1 aliphatic heterocycles. The number of aryl methyl sites for hydroxylation is 1. The van der Waals surface area contributed by atoms with Crippen LogP contribution in [0.25, 0.3) is 0 Å². The second-order valence-electron chi connectivity index (χ2n) is 6.10. The number of anilines is 1. The number of likely N-dealkylation sites (tertiary alicyclic amines) is 1. The lowest BCUT2D eigenvalue weighted by atomic mass is 9.86. The van der Waals surface area contributed by atoms with Gasteiger partial charge in [0.15, 0.2) is 0 Å². The van der Waals surface area contributed by atoms with Crippen LogP contribution < -0.4 is 5.32 Å². The van der Waals surface area contributed by atoms with Gasteiger partial charge in [-0.05, 0) is 43.5 Å². The number of para-hydroxylation sites is 1. The predicted molar refractivity (Wildman–Crippen MR) is 89.1 cm³/mol. The third-order valence-corrected chi connectivity index (χ3v) is 4.44. The van der Waals surface area contributed by atoms with Crippen LogP contribution in [0.5, 0.6) is 0 Å². The molecule has 6 heteroatoms. The minimum absolute atomic E-state index is 0.156. The second-order valence-corrected chi connectivity index (χ2v) is 6.10. The van der Waals surface area contributed by atoms with Gasteiger partial charge in [-0.15, -0.1) is 0 Å². The topological polar surface area (TPSA) is 65.5 Å². The van der Waals surface area contributed by atoms with E-state index in [1.54, 1.807) is 23.2 Å². The zero-order valence-corrected chi connectivity index (χ0v) is 13.5. The third kappa shape index (κ3) is 3.23. The number of aliphatic hydroxyl groups is 1. The van der Waals surface area contributed by atoms with Crippen LogP contribution in [-0.4, -0.2) is 34.1 Å². The zero-order valence-electron chi connectivity index (χ0n) is 13.5. The van der Waals surface area contributed by atoms with Gasteiger partial charge < -0.3 is 15.3 Å². The Kier molecular flexibility index (Phi) is 4.49. The number of hydrogen-bond acceptors (Lipinski definition) is 3. The Morgan fingerprint density at radius 2 is 1.96 bits per heavy atom. The maximum Gasteiger partial charge on any atom is 0.321 e. The molecule has 2 aromatic rings. The molecule has 2 heterocycles. The van der Waals surface area contributed by atoms with Gasteiger partial charge in [0.1, 0.15) is 11.4 Å². The number of halogens is 1. The summed E-state index contributed by atoms with van der Waals surface area (Å²) in [6, 6.07) is 9.44. The summed E-state index contributed by atoms with van der Waals surface area (Å²) in [5.74, 6) is -0.469. The first-order valence-electron chi connectivity index (χ1n) is 7.94. The SMILES string of the molecule is Cc1cccnc1C1(O)CCN(C(=O)Nc2ccccc2F)CC1. The van der Waals surface area contributed by atoms with Crippen molar-refractivity contribution in [3.63, 3.8) is 0 Å². The molecular formula is C18H20FN3O2. The lowest BCUT2D eigenvalue weighted by Gasteiger charge is -2.38. The van der Waals surface area contributed by atoms with Crippen molar-refractivity contribution in [1.82, 2.24) is 9.88 Å². The lowest BCUT2D eigenvalue weighted by molar-refractivity contribution is -0.0198. The van der Waals surface area contributed by atoms with Crippen molar-refractivity contribution in [2.24, 2.45) is 0 Å². The second kappa shape index (κ2) is 6.57. The summed E-state index contributed by atoms with van der Waals surface area (Å²) in [6.45, 7) is 2.68. The molecular weight excluding hydrogens is 309 g/mol. The molecule has 0 spiro atoms. The van der Waals surface area contributed by atoms with Gasteiger partial charge in [0.05, 0.1) is 11.4 Å². The molecule has 0 atom stereocenters. The van der Waals surface area contributed by atoms with Crippen molar-refractivity contribution >= 4 is 11.7 Å². The highest BCUT2D eigenvalue weighted by Gasteiger charge is 2.37. The van der Waals surface area contributed by atoms with E-state index in [0.717, 1.165) is 5.56 Å². The van der Waals surface area contributed by atoms with E-state index >= 15 is 0 Å². The third-order valence-electron chi connectivity index (χ3n) is 4.44. The Morgan fingerprint density at radius 1 is 1.25 bits per heavy atom. The Labute approximate surface area is 140 Å². The molecule has 1 fully saturated rings. The van der Waals surface area contributed by atoms with Crippen molar-refractivity contribution < 1.29 is 14.3 Å². The van der Waals surface area contributed by atoms with Crippen molar-refractivity contribution in [2.75, 3.05) is 18.4 Å². The average molecular weight is 329 g/mol. The standard InChI is InChI=1S/C18H20FN3O2/c1-13-5-4-10-20-16(13)18(24)8-11-22(12-9-18)17(23)21-15-7-3-2-6-14(15)19/h2-7,10,24H,8-9,11-12H2,1H3,(H,21,23). The maximum atomic E-state index is 13.6. The number of pyridine rings is 1. The highest BCUT2D eigenvalue weighted by Crippen LogP contribution is 2.33. The van der Waals surface area contributed by atoms with Gasteiger partial charge in [-0.1, -0.05) is 18.2 Å². The molecule has 2 amide bonds. The van der Waals surface area contributed by atoms with E-state index in [1.807, 2.05) is 19.1 Å². The predicted octanol–water partition coefficient (Wildman–Crippen LogP) is 3.04. The lowest BCUT2D eigenvalue weighted by Crippen LogP contribution is -2.47. The molecule has 0 saturated carbocycles. The number of nitrogens with zero attached hydrogens (tertiary/aromatic N) is 2. The first-order chi connectivity index (χ1) is 11.5. The molecule has 5 nitrogen and oxygen atoms in total. The molecule has 1 saturated heterocycles. The van der Waals surface area contributed by atoms with Crippen LogP contribution in [0.4, 0.5) is 14.9 Å². The van der Waals surface area contributed by atoms with E-state index < -0.39 is 11.4 Å². The number of carbonyl (C=O) groups excluding carboxylic acids is 1. The highest BCUT2D eigenvalue weighted by atomic mass is 19.1. The Hall–Kier alpha value is -2.47. The summed E-state index contributed by atoms with van der Waals surface area (Å²) >= 11 is 0. The molecule has 0 aliphatic carbocycles. The van der Waals surface area contributed by atoms with E-state index in [-0.39, 0.29) is 11.7 Å². The van der Waals surface area contributed by atoms with Crippen LogP contribution in [0.15, 0.2) is 42.6 Å². The molecule has 24 heavy (non-hydrogen) atoms. The van der Waals surface area contributed by atoms with E-state index in [9.17, 15) is 14.3 Å². The summed E-state index contributed by atoms with van der Waals surface area (Å²) in [4.78, 5) is 18.2. The summed E-state index contributed by atoms with van der Waals surface area (Å²) in [5, 5.41) is 13.4. The maximum absolute atomic E-state index is 13.6. The fourth-order valence-corrected chi connectivity index (χ4v) is 3.05. The number of rotatable bonds is 2. The van der Waals surface area contributed by atoms with E-state index in [1.165, 1.54) is 12.1 Å². The molecule has 0 radical (unpaired) electrons. The van der Waals surface area contributed by atoms with Crippen molar-refractivity contribution in [3.8, 4) is 0 Å². The summed E-state index contributed by atoms with van der Waals surface area (Å²) in [5.41, 5.74) is 0.729. The molecule has 1 aromatic heterocycles. The van der Waals surface area contributed by atoms with Crippen LogP contribution in [0.1, 0.15) is 24.1 Å². The molecule has 1 aliphatic rings. The minimum Gasteiger partial charge on any atom is -0.383 e. The van der Waals surface area contributed by atoms with E-state index in [0.29, 0.717) is 31.6 Å². The van der Waals surface area contributed by atoms with Crippen LogP contribution in [0, 0.1) is 12.7 Å². The zero-order chi connectivity index (χ0) is 17.2. The molecule has 0 unspecified atom stereocenters. The highest BCUT2D eigenvalue weighted by molar-refractivity contribution is 5.89. The number of nitrogens with one attached hydrogen (secondary N) is 1. The first kappa shape index (κ1) is 16.4. The quantitative estimate of drug-likeness (QED) is 0.890. The van der Waals surface area contributed by atoms with Gasteiger partial charge >= 0.3 is 6.03 Å². The van der Waals surface area contributed by atoms with E-state index in [2.05, 4.69) is 10.3 Å². The van der Waals surface area contributed by atoms with Crippen molar-refractivity contribution in [2.45, 2.75) is 25.4 Å². The molecule has 2 N–H and O–H groups in total. The minimum atomic E-state index is -1.03. The smallest absolute Gasteiger partial charge is 0.321 e. The van der Waals surface area contributed by atoms with Gasteiger partial charge in [0.25, 0.3) is 0 Å². The van der Waals surface area contributed by atoms with Crippen molar-refractivity contribution in [1.29, 1.82) is 0 Å². The largest absolute Gasteiger partial charge is 0.383 e. The molecule has 3 rings (SSSR count). The van der Waals surface area contributed by atoms with Gasteiger partial charge in [-0.2, -0.15) is 0 Å². The summed E-state index contributed by atoms with van der Waals surface area (Å²) < 4.78 is 13.6. The number of piperidine rings is 1. The Balaban J connectivity index is 1.66. The number of carbonyl (C=O) groups is 1. The molecule has 126 valence electrons. The normalized spacial score (nSPS) is 16.7. The Morgan fingerprint density at radius 3 is 2.62 bits per heavy atom. The van der Waals surface area contributed by atoms with Gasteiger partial charge in [0, 0.05) is 19.3 Å². The first-order valence-corrected chi connectivity index (χ1v) is 7.94. The van der Waals surface area contributed by atoms with Gasteiger partial charge in [-0.25, -0.2) is 9.18 Å². The van der Waals surface area contributed by atoms with Crippen LogP contribution in [-0.2, 0) is 5.60 Å². The van der Waals surface area contributed by atoms with Crippen molar-refractivity contribution in [3.05, 3.63) is 59.7 Å². The fraction of sp³-hybridized carbons (Fsp3) is 0.333. The number of benzene rings is 1. The number of urea groups is 1. The summed E-state index contributed by atoms with van der Waals surface area (Å²) in [6.07, 6.45) is 2.46. The fourth-order valence-electron chi connectivity index (χ4n) is 3.05. The van der Waals surface area contributed by atoms with Crippen LogP contribution in [0.3, 0.4) is 0 Å². The van der Waals surface area contributed by atoms with Gasteiger partial charge in [-0.3, -0.25) is 4.98 Å².